The summed E-state index contributed by atoms with van der Waals surface area (Å²) < 4.78 is 44.7. The molecule has 4 nitrogen and oxygen atoms in total. The van der Waals surface area contributed by atoms with E-state index >= 15 is 0 Å². The molecule has 0 aliphatic carbocycles. The Morgan fingerprint density at radius 2 is 1.96 bits per heavy atom. The van der Waals surface area contributed by atoms with E-state index in [1.807, 2.05) is 37.3 Å². The number of benzene rings is 2. The number of alkyl halides is 3. The van der Waals surface area contributed by atoms with Gasteiger partial charge in [-0.05, 0) is 30.2 Å². The van der Waals surface area contributed by atoms with Gasteiger partial charge in [0.05, 0.1) is 5.56 Å². The minimum absolute atomic E-state index is 0.0289. The van der Waals surface area contributed by atoms with Gasteiger partial charge in [-0.3, -0.25) is 0 Å². The number of anilines is 1. The molecule has 2 N–H and O–H groups in total. The first-order chi connectivity index (χ1) is 12.9. The lowest BCUT2D eigenvalue weighted by Gasteiger charge is -2.33. The third-order valence-electron chi connectivity index (χ3n) is 4.61. The van der Waals surface area contributed by atoms with Gasteiger partial charge in [-0.2, -0.15) is 13.2 Å². The summed E-state index contributed by atoms with van der Waals surface area (Å²) in [4.78, 5) is 12.2. The van der Waals surface area contributed by atoms with E-state index in [-0.39, 0.29) is 12.6 Å². The molecule has 0 saturated heterocycles. The number of ether oxygens (including phenoxy) is 1. The number of hydrogen-bond donors (Lipinski definition) is 2. The number of alkyl carbamates (subject to hydrolysis) is 1. The van der Waals surface area contributed by atoms with Gasteiger partial charge in [-0.1, -0.05) is 37.3 Å². The van der Waals surface area contributed by atoms with Crippen LogP contribution in [0.5, 0.6) is 0 Å². The van der Waals surface area contributed by atoms with Gasteiger partial charge < -0.3 is 15.4 Å². The number of carbonyl (C=O) groups excluding carboxylic acids is 1. The van der Waals surface area contributed by atoms with E-state index in [4.69, 9.17) is 4.74 Å². The van der Waals surface area contributed by atoms with Gasteiger partial charge >= 0.3 is 12.3 Å². The van der Waals surface area contributed by atoms with Crippen LogP contribution in [-0.2, 0) is 17.5 Å². The molecule has 27 heavy (non-hydrogen) atoms. The number of hydrogen-bond acceptors (Lipinski definition) is 3. The molecule has 7 heteroatoms. The molecule has 1 aliphatic rings. The Labute approximate surface area is 155 Å². The highest BCUT2D eigenvalue weighted by molar-refractivity contribution is 5.68. The Balaban J connectivity index is 1.75. The van der Waals surface area contributed by atoms with Gasteiger partial charge in [0.1, 0.15) is 6.10 Å². The molecule has 0 bridgehead atoms. The highest BCUT2D eigenvalue weighted by Gasteiger charge is 2.35. The minimum Gasteiger partial charge on any atom is -0.441 e. The molecule has 0 saturated carbocycles. The van der Waals surface area contributed by atoms with Gasteiger partial charge in [0.2, 0.25) is 0 Å². The van der Waals surface area contributed by atoms with Crippen molar-refractivity contribution >= 4 is 11.8 Å². The highest BCUT2D eigenvalue weighted by atomic mass is 19.4. The number of halogens is 3. The average molecular weight is 378 g/mol. The summed E-state index contributed by atoms with van der Waals surface area (Å²) >= 11 is 0. The van der Waals surface area contributed by atoms with Crippen LogP contribution in [-0.4, -0.2) is 12.1 Å². The zero-order valence-electron chi connectivity index (χ0n) is 14.8. The number of nitrogens with one attached hydrogen (secondary N) is 2. The number of amides is 1. The molecule has 1 amide bonds. The maximum Gasteiger partial charge on any atom is 0.416 e. The van der Waals surface area contributed by atoms with E-state index < -0.39 is 23.9 Å². The van der Waals surface area contributed by atoms with E-state index in [0.717, 1.165) is 24.1 Å². The first-order valence-corrected chi connectivity index (χ1v) is 8.83. The summed E-state index contributed by atoms with van der Waals surface area (Å²) in [6.07, 6.45) is -4.64. The molecule has 2 aromatic rings. The van der Waals surface area contributed by atoms with Gasteiger partial charge in [0, 0.05) is 30.3 Å². The fourth-order valence-electron chi connectivity index (χ4n) is 3.12. The zero-order valence-corrected chi connectivity index (χ0v) is 14.8. The molecule has 0 aromatic heterocycles. The maximum atomic E-state index is 13.1. The van der Waals surface area contributed by atoms with Crippen molar-refractivity contribution in [1.29, 1.82) is 0 Å². The zero-order chi connectivity index (χ0) is 19.4. The van der Waals surface area contributed by atoms with Crippen molar-refractivity contribution in [3.05, 3.63) is 65.2 Å². The Morgan fingerprint density at radius 3 is 2.63 bits per heavy atom. The third-order valence-corrected chi connectivity index (χ3v) is 4.61. The number of carbonyl (C=O) groups is 1. The summed E-state index contributed by atoms with van der Waals surface area (Å²) in [5.74, 6) is 0. The third kappa shape index (κ3) is 4.72. The summed E-state index contributed by atoms with van der Waals surface area (Å²) in [6, 6.07) is 12.8. The molecule has 0 spiro atoms. The van der Waals surface area contributed by atoms with Crippen LogP contribution in [0.1, 0.15) is 42.6 Å². The van der Waals surface area contributed by atoms with Crippen molar-refractivity contribution in [2.45, 2.75) is 44.6 Å². The van der Waals surface area contributed by atoms with Gasteiger partial charge in [-0.15, -0.1) is 0 Å². The molecule has 144 valence electrons. The van der Waals surface area contributed by atoms with Crippen LogP contribution in [0.4, 0.5) is 23.7 Å². The largest absolute Gasteiger partial charge is 0.441 e. The molecule has 2 atom stereocenters. The lowest BCUT2D eigenvalue weighted by Crippen LogP contribution is -2.32. The smallest absolute Gasteiger partial charge is 0.416 e. The van der Waals surface area contributed by atoms with Crippen LogP contribution in [0.15, 0.2) is 48.5 Å². The summed E-state index contributed by atoms with van der Waals surface area (Å²) in [7, 11) is 0. The van der Waals surface area contributed by atoms with Crippen LogP contribution < -0.4 is 10.6 Å². The predicted octanol–water partition coefficient (Wildman–Crippen LogP) is 5.27. The van der Waals surface area contributed by atoms with Crippen molar-refractivity contribution in [3.63, 3.8) is 0 Å². The molecule has 3 rings (SSSR count). The summed E-state index contributed by atoms with van der Waals surface area (Å²) in [6.45, 7) is 2.26. The molecule has 0 radical (unpaired) electrons. The molecule has 1 heterocycles. The van der Waals surface area contributed by atoms with Crippen molar-refractivity contribution in [1.82, 2.24) is 5.32 Å². The Bertz CT molecular complexity index is 794. The predicted molar refractivity (Wildman–Crippen MR) is 96.3 cm³/mol. The van der Waals surface area contributed by atoms with Gasteiger partial charge in [0.15, 0.2) is 0 Å². The monoisotopic (exact) mass is 378 g/mol. The number of rotatable bonds is 4. The number of fused-ring (bicyclic) bond motifs is 1. The van der Waals surface area contributed by atoms with Crippen LogP contribution >= 0.6 is 0 Å². The summed E-state index contributed by atoms with van der Waals surface area (Å²) in [5, 5.41) is 5.86. The molecule has 1 aliphatic heterocycles. The fraction of sp³-hybridized carbons (Fsp3) is 0.350. The van der Waals surface area contributed by atoms with Crippen molar-refractivity contribution in [2.24, 2.45) is 0 Å². The SMILES string of the molecule is CCC1CC(OC(=O)NCc2ccccc2)c2cc(C(F)(F)F)ccc2N1. The van der Waals surface area contributed by atoms with Crippen molar-refractivity contribution in [2.75, 3.05) is 5.32 Å². The Kier molecular flexibility index (Phi) is 5.58. The van der Waals surface area contributed by atoms with Crippen LogP contribution in [0, 0.1) is 0 Å². The highest BCUT2D eigenvalue weighted by Crippen LogP contribution is 2.40. The minimum atomic E-state index is -4.45. The Hall–Kier alpha value is -2.70. The van der Waals surface area contributed by atoms with Crippen LogP contribution in [0.25, 0.3) is 0 Å². The molecule has 2 unspecified atom stereocenters. The normalized spacial score (nSPS) is 19.0. The molecular formula is C20H21F3N2O2. The Morgan fingerprint density at radius 1 is 1.22 bits per heavy atom. The first-order valence-electron chi connectivity index (χ1n) is 8.83. The van der Waals surface area contributed by atoms with E-state index in [1.165, 1.54) is 6.07 Å². The lowest BCUT2D eigenvalue weighted by molar-refractivity contribution is -0.137. The van der Waals surface area contributed by atoms with Crippen molar-refractivity contribution in [3.8, 4) is 0 Å². The fourth-order valence-corrected chi connectivity index (χ4v) is 3.12. The molecule has 2 aromatic carbocycles. The molecule has 0 fully saturated rings. The standard InChI is InChI=1S/C20H21F3N2O2/c1-2-15-11-18(27-19(26)24-12-13-6-4-3-5-7-13)16-10-14(20(21,22)23)8-9-17(16)25-15/h3-10,15,18,25H,2,11-12H2,1H3,(H,24,26). The van der Waals surface area contributed by atoms with Gasteiger partial charge in [0.25, 0.3) is 0 Å². The van der Waals surface area contributed by atoms with Crippen LogP contribution in [0.3, 0.4) is 0 Å². The maximum absolute atomic E-state index is 13.1. The van der Waals surface area contributed by atoms with E-state index in [9.17, 15) is 18.0 Å². The first kappa shape index (κ1) is 19.1. The second-order valence-corrected chi connectivity index (χ2v) is 6.52. The average Bonchev–Trinajstić information content (AvgIpc) is 2.66. The van der Waals surface area contributed by atoms with E-state index in [0.29, 0.717) is 17.7 Å². The quantitative estimate of drug-likeness (QED) is 0.762. The second-order valence-electron chi connectivity index (χ2n) is 6.52. The molecular weight excluding hydrogens is 357 g/mol. The topological polar surface area (TPSA) is 50.4 Å². The van der Waals surface area contributed by atoms with Gasteiger partial charge in [-0.25, -0.2) is 4.79 Å². The van der Waals surface area contributed by atoms with E-state index in [2.05, 4.69) is 10.6 Å². The van der Waals surface area contributed by atoms with E-state index in [1.54, 1.807) is 0 Å². The summed E-state index contributed by atoms with van der Waals surface area (Å²) in [5.41, 5.74) is 1.08. The van der Waals surface area contributed by atoms with Crippen LogP contribution in [0.2, 0.25) is 0 Å². The lowest BCUT2D eigenvalue weighted by atomic mass is 9.92. The van der Waals surface area contributed by atoms with Crippen molar-refractivity contribution < 1.29 is 22.7 Å². The second kappa shape index (κ2) is 7.90.